The van der Waals surface area contributed by atoms with E-state index >= 15 is 0 Å². The second kappa shape index (κ2) is 2.71. The fraction of sp³-hybridized carbons (Fsp3) is 1.00. The fourth-order valence-corrected chi connectivity index (χ4v) is 1.86. The highest BCUT2D eigenvalue weighted by Gasteiger charge is 2.47. The normalized spacial score (nSPS) is 39.5. The van der Waals surface area contributed by atoms with Gasteiger partial charge in [0.2, 0.25) is 0 Å². The van der Waals surface area contributed by atoms with Crippen LogP contribution >= 0.6 is 0 Å². The minimum absolute atomic E-state index is 0.115. The van der Waals surface area contributed by atoms with Gasteiger partial charge in [0.05, 0.1) is 18.8 Å². The van der Waals surface area contributed by atoms with Crippen molar-refractivity contribution in [3.8, 4) is 0 Å². The highest BCUT2D eigenvalue weighted by molar-refractivity contribution is 4.96. The Hall–Kier alpha value is -0.0800. The van der Waals surface area contributed by atoms with Crippen LogP contribution in [0.3, 0.4) is 0 Å². The van der Waals surface area contributed by atoms with E-state index in [2.05, 4.69) is 13.8 Å². The van der Waals surface area contributed by atoms with Gasteiger partial charge in [-0.25, -0.2) is 0 Å². The van der Waals surface area contributed by atoms with Gasteiger partial charge in [0.1, 0.15) is 0 Å². The first-order valence-corrected chi connectivity index (χ1v) is 4.58. The Morgan fingerprint density at radius 1 is 1.25 bits per heavy atom. The largest absolute Gasteiger partial charge is 0.392 e. The van der Waals surface area contributed by atoms with Gasteiger partial charge in [0.25, 0.3) is 0 Å². The van der Waals surface area contributed by atoms with Gasteiger partial charge in [-0.3, -0.25) is 0 Å². The maximum Gasteiger partial charge on any atom is 0.0688 e. The van der Waals surface area contributed by atoms with Gasteiger partial charge in [-0.1, -0.05) is 27.7 Å². The molecule has 72 valence electrons. The summed E-state index contributed by atoms with van der Waals surface area (Å²) in [4.78, 5) is 0. The lowest BCUT2D eigenvalue weighted by Gasteiger charge is -2.49. The number of ether oxygens (including phenoxy) is 1. The molecular weight excluding hydrogens is 152 g/mol. The van der Waals surface area contributed by atoms with E-state index in [1.54, 1.807) is 0 Å². The Morgan fingerprint density at radius 2 is 1.75 bits per heavy atom. The molecule has 0 saturated carbocycles. The van der Waals surface area contributed by atoms with Crippen molar-refractivity contribution in [2.45, 2.75) is 46.8 Å². The van der Waals surface area contributed by atoms with E-state index in [-0.39, 0.29) is 23.0 Å². The molecule has 2 heteroatoms. The van der Waals surface area contributed by atoms with Crippen LogP contribution in [0.4, 0.5) is 0 Å². The van der Waals surface area contributed by atoms with E-state index in [0.717, 1.165) is 0 Å². The Morgan fingerprint density at radius 3 is 2.17 bits per heavy atom. The maximum absolute atomic E-state index is 10.1. The predicted octanol–water partition coefficient (Wildman–Crippen LogP) is 1.82. The molecule has 1 aliphatic rings. The summed E-state index contributed by atoms with van der Waals surface area (Å²) in [6, 6.07) is 0. The van der Waals surface area contributed by atoms with Crippen molar-refractivity contribution in [3.63, 3.8) is 0 Å². The zero-order valence-electron chi connectivity index (χ0n) is 8.72. The Kier molecular flexibility index (Phi) is 2.26. The van der Waals surface area contributed by atoms with E-state index in [0.29, 0.717) is 6.61 Å². The Bertz CT molecular complexity index is 173. The second-order valence-electron chi connectivity index (χ2n) is 5.17. The summed E-state index contributed by atoms with van der Waals surface area (Å²) < 4.78 is 5.62. The van der Waals surface area contributed by atoms with Gasteiger partial charge in [0, 0.05) is 10.8 Å². The van der Waals surface area contributed by atoms with Crippen LogP contribution in [0.5, 0.6) is 0 Å². The van der Waals surface area contributed by atoms with E-state index in [1.807, 2.05) is 20.8 Å². The molecule has 0 radical (unpaired) electrons. The molecule has 2 unspecified atom stereocenters. The predicted molar refractivity (Wildman–Crippen MR) is 49.0 cm³/mol. The van der Waals surface area contributed by atoms with Crippen LogP contribution in [-0.2, 0) is 4.74 Å². The van der Waals surface area contributed by atoms with Gasteiger partial charge >= 0.3 is 0 Å². The zero-order valence-corrected chi connectivity index (χ0v) is 8.72. The maximum atomic E-state index is 10.1. The molecule has 2 atom stereocenters. The van der Waals surface area contributed by atoms with E-state index in [9.17, 15) is 5.11 Å². The number of rotatable bonds is 0. The average Bonchev–Trinajstić information content (AvgIpc) is 1.96. The topological polar surface area (TPSA) is 29.5 Å². The molecule has 0 aliphatic carbocycles. The molecule has 0 spiro atoms. The molecule has 0 amide bonds. The van der Waals surface area contributed by atoms with Gasteiger partial charge < -0.3 is 9.84 Å². The van der Waals surface area contributed by atoms with Crippen molar-refractivity contribution < 1.29 is 9.84 Å². The van der Waals surface area contributed by atoms with Crippen LogP contribution in [0, 0.1) is 10.8 Å². The lowest BCUT2D eigenvalue weighted by Crippen LogP contribution is -2.55. The molecule has 1 fully saturated rings. The van der Waals surface area contributed by atoms with Crippen LogP contribution in [0.25, 0.3) is 0 Å². The van der Waals surface area contributed by atoms with Gasteiger partial charge in [-0.2, -0.15) is 0 Å². The molecule has 0 aromatic rings. The van der Waals surface area contributed by atoms with Crippen LogP contribution < -0.4 is 0 Å². The summed E-state index contributed by atoms with van der Waals surface area (Å²) in [7, 11) is 0. The third kappa shape index (κ3) is 1.38. The van der Waals surface area contributed by atoms with Crippen molar-refractivity contribution in [1.82, 2.24) is 0 Å². The van der Waals surface area contributed by atoms with Crippen LogP contribution in [0.1, 0.15) is 34.6 Å². The molecule has 0 bridgehead atoms. The summed E-state index contributed by atoms with van der Waals surface area (Å²) in [6.07, 6.45) is -0.144. The lowest BCUT2D eigenvalue weighted by atomic mass is 9.68. The highest BCUT2D eigenvalue weighted by atomic mass is 16.5. The smallest absolute Gasteiger partial charge is 0.0688 e. The minimum Gasteiger partial charge on any atom is -0.392 e. The number of aliphatic hydroxyl groups is 1. The molecule has 1 heterocycles. The van der Waals surface area contributed by atoms with Gasteiger partial charge in [0.15, 0.2) is 0 Å². The second-order valence-corrected chi connectivity index (χ2v) is 5.17. The fourth-order valence-electron chi connectivity index (χ4n) is 1.86. The SMILES string of the molecule is CC1OCC(C)(C)C(O)C1(C)C. The van der Waals surface area contributed by atoms with Crippen molar-refractivity contribution in [2.75, 3.05) is 6.61 Å². The van der Waals surface area contributed by atoms with Crippen molar-refractivity contribution in [2.24, 2.45) is 10.8 Å². The average molecular weight is 172 g/mol. The molecular formula is C10H20O2. The van der Waals surface area contributed by atoms with Crippen molar-refractivity contribution in [3.05, 3.63) is 0 Å². The summed E-state index contributed by atoms with van der Waals surface area (Å²) in [6.45, 7) is 10.9. The molecule has 2 nitrogen and oxygen atoms in total. The first-order chi connectivity index (χ1) is 5.28. The number of aliphatic hydroxyl groups excluding tert-OH is 1. The third-order valence-electron chi connectivity index (χ3n) is 3.20. The zero-order chi connectivity index (χ0) is 9.57. The van der Waals surface area contributed by atoms with Crippen LogP contribution in [-0.4, -0.2) is 23.9 Å². The molecule has 1 rings (SSSR count). The van der Waals surface area contributed by atoms with E-state index in [1.165, 1.54) is 0 Å². The van der Waals surface area contributed by atoms with Crippen molar-refractivity contribution in [1.29, 1.82) is 0 Å². The monoisotopic (exact) mass is 172 g/mol. The highest BCUT2D eigenvalue weighted by Crippen LogP contribution is 2.42. The quantitative estimate of drug-likeness (QED) is 0.604. The number of hydrogen-bond donors (Lipinski definition) is 1. The van der Waals surface area contributed by atoms with Crippen LogP contribution in [0.15, 0.2) is 0 Å². The first-order valence-electron chi connectivity index (χ1n) is 4.58. The summed E-state index contributed by atoms with van der Waals surface area (Å²) >= 11 is 0. The number of hydrogen-bond acceptors (Lipinski definition) is 2. The molecule has 0 aromatic heterocycles. The third-order valence-corrected chi connectivity index (χ3v) is 3.20. The van der Waals surface area contributed by atoms with E-state index < -0.39 is 0 Å². The molecule has 0 aromatic carbocycles. The molecule has 1 aliphatic heterocycles. The molecule has 1 saturated heterocycles. The summed E-state index contributed by atoms with van der Waals surface area (Å²) in [5.41, 5.74) is -0.252. The summed E-state index contributed by atoms with van der Waals surface area (Å²) in [5, 5.41) is 10.1. The first kappa shape index (κ1) is 10.0. The Balaban J connectivity index is 2.86. The Labute approximate surface area is 74.9 Å². The van der Waals surface area contributed by atoms with E-state index in [4.69, 9.17) is 4.74 Å². The van der Waals surface area contributed by atoms with Crippen LogP contribution in [0.2, 0.25) is 0 Å². The van der Waals surface area contributed by atoms with Gasteiger partial charge in [-0.15, -0.1) is 0 Å². The summed E-state index contributed by atoms with van der Waals surface area (Å²) in [5.74, 6) is 0. The van der Waals surface area contributed by atoms with Crippen molar-refractivity contribution >= 4 is 0 Å². The lowest BCUT2D eigenvalue weighted by molar-refractivity contribution is -0.193. The standard InChI is InChI=1S/C10H20O2/c1-7-10(4,5)8(11)9(2,3)6-12-7/h7-8,11H,6H2,1-5H3. The molecule has 1 N–H and O–H groups in total. The molecule has 12 heavy (non-hydrogen) atoms. The van der Waals surface area contributed by atoms with Gasteiger partial charge in [-0.05, 0) is 6.92 Å². The minimum atomic E-state index is -0.284.